The molecular weight excluding hydrogens is 276 g/mol. The normalized spacial score (nSPS) is 15.8. The van der Waals surface area contributed by atoms with Crippen LogP contribution in [-0.4, -0.2) is 23.1 Å². The van der Waals surface area contributed by atoms with Gasteiger partial charge in [-0.3, -0.25) is 0 Å². The number of aryl methyl sites for hydroxylation is 1. The highest BCUT2D eigenvalue weighted by atomic mass is 16.5. The molecule has 1 saturated heterocycles. The Morgan fingerprint density at radius 2 is 1.82 bits per heavy atom. The van der Waals surface area contributed by atoms with Gasteiger partial charge in [-0.05, 0) is 37.8 Å². The van der Waals surface area contributed by atoms with Crippen LogP contribution in [0.3, 0.4) is 0 Å². The van der Waals surface area contributed by atoms with Crippen molar-refractivity contribution in [3.05, 3.63) is 36.2 Å². The van der Waals surface area contributed by atoms with Gasteiger partial charge in [0, 0.05) is 13.1 Å². The molecule has 0 atom stereocenters. The number of hydrogen-bond acceptors (Lipinski definition) is 5. The summed E-state index contributed by atoms with van der Waals surface area (Å²) in [6, 6.07) is 9.57. The van der Waals surface area contributed by atoms with Crippen molar-refractivity contribution in [2.75, 3.05) is 23.7 Å². The minimum atomic E-state index is 0.437. The number of benzene rings is 1. The van der Waals surface area contributed by atoms with Crippen LogP contribution < -0.4 is 15.4 Å². The predicted octanol–water partition coefficient (Wildman–Crippen LogP) is 3.40. The molecule has 2 aromatic rings. The number of rotatable bonds is 3. The van der Waals surface area contributed by atoms with Crippen LogP contribution in [0, 0.1) is 12.8 Å². The van der Waals surface area contributed by atoms with Crippen molar-refractivity contribution < 1.29 is 4.74 Å². The van der Waals surface area contributed by atoms with Crippen molar-refractivity contribution in [1.82, 2.24) is 9.97 Å². The number of hydrogen-bond donors (Lipinski definition) is 1. The first-order valence-electron chi connectivity index (χ1n) is 7.75. The lowest BCUT2D eigenvalue weighted by molar-refractivity contribution is 0.434. The minimum absolute atomic E-state index is 0.437. The van der Waals surface area contributed by atoms with E-state index in [1.807, 2.05) is 37.3 Å². The Hall–Kier alpha value is -2.30. The Morgan fingerprint density at radius 1 is 1.14 bits per heavy atom. The Labute approximate surface area is 131 Å². The maximum Gasteiger partial charge on any atom is 0.248 e. The van der Waals surface area contributed by atoms with Crippen LogP contribution in [0.5, 0.6) is 11.6 Å². The van der Waals surface area contributed by atoms with Gasteiger partial charge in [0.05, 0.1) is 0 Å². The summed E-state index contributed by atoms with van der Waals surface area (Å²) in [5, 5.41) is 0. The van der Waals surface area contributed by atoms with Crippen LogP contribution in [0.1, 0.15) is 25.6 Å². The van der Waals surface area contributed by atoms with E-state index in [4.69, 9.17) is 10.5 Å². The van der Waals surface area contributed by atoms with Crippen molar-refractivity contribution in [1.29, 1.82) is 0 Å². The molecule has 1 aliphatic rings. The fraction of sp³-hybridized carbons (Fsp3) is 0.412. The summed E-state index contributed by atoms with van der Waals surface area (Å²) >= 11 is 0. The van der Waals surface area contributed by atoms with E-state index >= 15 is 0 Å². The van der Waals surface area contributed by atoms with Gasteiger partial charge < -0.3 is 15.4 Å². The molecule has 5 nitrogen and oxygen atoms in total. The third kappa shape index (κ3) is 3.13. The molecule has 2 N–H and O–H groups in total. The van der Waals surface area contributed by atoms with Gasteiger partial charge in [0.25, 0.3) is 0 Å². The first-order chi connectivity index (χ1) is 10.6. The number of para-hydroxylation sites is 1. The monoisotopic (exact) mass is 298 g/mol. The minimum Gasteiger partial charge on any atom is -0.437 e. The van der Waals surface area contributed by atoms with E-state index in [-0.39, 0.29) is 0 Å². The molecule has 1 aromatic heterocycles. The SMILES string of the molecule is Cc1nc(Oc2ccccc2)c(N)c(N2CCC(C)CC2)n1. The fourth-order valence-electron chi connectivity index (χ4n) is 2.68. The molecule has 0 radical (unpaired) electrons. The van der Waals surface area contributed by atoms with Crippen molar-refractivity contribution in [2.45, 2.75) is 26.7 Å². The molecule has 3 rings (SSSR count). The molecule has 1 aromatic carbocycles. The number of anilines is 2. The summed E-state index contributed by atoms with van der Waals surface area (Å²) < 4.78 is 5.84. The summed E-state index contributed by atoms with van der Waals surface area (Å²) in [5.74, 6) is 3.40. The lowest BCUT2D eigenvalue weighted by Gasteiger charge is -2.32. The van der Waals surface area contributed by atoms with Gasteiger partial charge in [-0.25, -0.2) is 4.98 Å². The number of aromatic nitrogens is 2. The van der Waals surface area contributed by atoms with Gasteiger partial charge in [0.1, 0.15) is 17.3 Å². The first-order valence-corrected chi connectivity index (χ1v) is 7.75. The first kappa shape index (κ1) is 14.6. The molecule has 0 bridgehead atoms. The predicted molar refractivity (Wildman–Crippen MR) is 88.3 cm³/mol. The maximum absolute atomic E-state index is 6.27. The smallest absolute Gasteiger partial charge is 0.248 e. The molecule has 0 spiro atoms. The number of nitrogens with two attached hydrogens (primary N) is 1. The average molecular weight is 298 g/mol. The topological polar surface area (TPSA) is 64.3 Å². The number of nitrogens with zero attached hydrogens (tertiary/aromatic N) is 3. The maximum atomic E-state index is 6.27. The van der Waals surface area contributed by atoms with Crippen LogP contribution in [0.4, 0.5) is 11.5 Å². The summed E-state index contributed by atoms with van der Waals surface area (Å²) in [6.07, 6.45) is 2.33. The van der Waals surface area contributed by atoms with Crippen molar-refractivity contribution in [3.63, 3.8) is 0 Å². The van der Waals surface area contributed by atoms with Crippen LogP contribution in [0.25, 0.3) is 0 Å². The average Bonchev–Trinajstić information content (AvgIpc) is 2.52. The molecule has 0 saturated carbocycles. The molecule has 0 unspecified atom stereocenters. The van der Waals surface area contributed by atoms with Crippen molar-refractivity contribution in [3.8, 4) is 11.6 Å². The number of nitrogen functional groups attached to an aromatic ring is 1. The number of piperidine rings is 1. The Bertz CT molecular complexity index is 637. The molecule has 1 aliphatic heterocycles. The summed E-state index contributed by atoms with van der Waals surface area (Å²) in [6.45, 7) is 6.11. The van der Waals surface area contributed by atoms with Crippen LogP contribution in [-0.2, 0) is 0 Å². The molecule has 2 heterocycles. The van der Waals surface area contributed by atoms with Gasteiger partial charge >= 0.3 is 0 Å². The molecule has 0 amide bonds. The second-order valence-corrected chi connectivity index (χ2v) is 5.90. The van der Waals surface area contributed by atoms with Crippen LogP contribution >= 0.6 is 0 Å². The van der Waals surface area contributed by atoms with Gasteiger partial charge in [-0.15, -0.1) is 0 Å². The van der Waals surface area contributed by atoms with Crippen molar-refractivity contribution >= 4 is 11.5 Å². The lowest BCUT2D eigenvalue weighted by atomic mass is 9.99. The zero-order valence-corrected chi connectivity index (χ0v) is 13.1. The van der Waals surface area contributed by atoms with Gasteiger partial charge in [-0.1, -0.05) is 25.1 Å². The van der Waals surface area contributed by atoms with E-state index in [1.165, 1.54) is 0 Å². The van der Waals surface area contributed by atoms with Crippen LogP contribution in [0.15, 0.2) is 30.3 Å². The van der Waals surface area contributed by atoms with Gasteiger partial charge in [0.2, 0.25) is 5.88 Å². The van der Waals surface area contributed by atoms with E-state index in [9.17, 15) is 0 Å². The summed E-state index contributed by atoms with van der Waals surface area (Å²) in [4.78, 5) is 11.1. The molecule has 0 aliphatic carbocycles. The van der Waals surface area contributed by atoms with Gasteiger partial charge in [-0.2, -0.15) is 4.98 Å². The van der Waals surface area contributed by atoms with E-state index in [2.05, 4.69) is 21.8 Å². The largest absolute Gasteiger partial charge is 0.437 e. The van der Waals surface area contributed by atoms with Crippen molar-refractivity contribution in [2.24, 2.45) is 5.92 Å². The Kier molecular flexibility index (Phi) is 4.13. The van der Waals surface area contributed by atoms with Gasteiger partial charge in [0.15, 0.2) is 5.82 Å². The zero-order chi connectivity index (χ0) is 15.5. The second kappa shape index (κ2) is 6.22. The molecule has 116 valence electrons. The quantitative estimate of drug-likeness (QED) is 0.941. The number of ether oxygens (including phenoxy) is 1. The van der Waals surface area contributed by atoms with E-state index in [0.717, 1.165) is 43.4 Å². The zero-order valence-electron chi connectivity index (χ0n) is 13.1. The van der Waals surface area contributed by atoms with Crippen LogP contribution in [0.2, 0.25) is 0 Å². The van der Waals surface area contributed by atoms with E-state index < -0.39 is 0 Å². The highest BCUT2D eigenvalue weighted by molar-refractivity contribution is 5.68. The molecule has 1 fully saturated rings. The third-order valence-corrected chi connectivity index (χ3v) is 4.04. The molecule has 5 heteroatoms. The Balaban J connectivity index is 1.88. The molecule has 22 heavy (non-hydrogen) atoms. The summed E-state index contributed by atoms with van der Waals surface area (Å²) in [7, 11) is 0. The third-order valence-electron chi connectivity index (χ3n) is 4.04. The van der Waals surface area contributed by atoms with E-state index in [1.54, 1.807) is 0 Å². The molecular formula is C17H22N4O. The highest BCUT2D eigenvalue weighted by Crippen LogP contribution is 2.34. The lowest BCUT2D eigenvalue weighted by Crippen LogP contribution is -2.34. The fourth-order valence-corrected chi connectivity index (χ4v) is 2.68. The Morgan fingerprint density at radius 3 is 2.50 bits per heavy atom. The highest BCUT2D eigenvalue weighted by Gasteiger charge is 2.22. The standard InChI is InChI=1S/C17H22N4O/c1-12-8-10-21(11-9-12)16-15(18)17(20-13(2)19-16)22-14-6-4-3-5-7-14/h3-7,12H,8-11,18H2,1-2H3. The summed E-state index contributed by atoms with van der Waals surface area (Å²) in [5.41, 5.74) is 6.79. The van der Waals surface area contributed by atoms with E-state index in [0.29, 0.717) is 17.4 Å². The second-order valence-electron chi connectivity index (χ2n) is 5.90.